The lowest BCUT2D eigenvalue weighted by molar-refractivity contribution is 0.0788. The molecule has 1 aliphatic heterocycles. The fraction of sp³-hybridized carbons (Fsp3) is 0.625. The van der Waals surface area contributed by atoms with E-state index in [0.29, 0.717) is 30.4 Å². The van der Waals surface area contributed by atoms with Gasteiger partial charge in [-0.3, -0.25) is 9.48 Å². The normalized spacial score (nSPS) is 18.7. The summed E-state index contributed by atoms with van der Waals surface area (Å²) >= 11 is 0. The summed E-state index contributed by atoms with van der Waals surface area (Å²) < 4.78 is 7.09. The quantitative estimate of drug-likeness (QED) is 0.849. The molecule has 124 valence electrons. The highest BCUT2D eigenvalue weighted by molar-refractivity contribution is 5.95. The van der Waals surface area contributed by atoms with Gasteiger partial charge >= 0.3 is 0 Å². The Bertz CT molecular complexity index is 725. The molecule has 0 spiro atoms. The Labute approximate surface area is 135 Å². The van der Waals surface area contributed by atoms with Crippen LogP contribution in [0, 0.1) is 13.8 Å². The number of carbonyl (C=O) groups excluding carboxylic acids is 1. The van der Waals surface area contributed by atoms with E-state index in [9.17, 15) is 4.79 Å². The van der Waals surface area contributed by atoms with E-state index in [2.05, 4.69) is 36.0 Å². The third-order valence-corrected chi connectivity index (χ3v) is 4.18. The molecule has 0 N–H and O–H groups in total. The molecule has 0 aliphatic carbocycles. The van der Waals surface area contributed by atoms with Crippen molar-refractivity contribution < 1.29 is 9.32 Å². The number of aryl methyl sites for hydroxylation is 2. The number of aromatic nitrogens is 4. The van der Waals surface area contributed by atoms with Gasteiger partial charge in [0, 0.05) is 19.3 Å². The maximum Gasteiger partial charge on any atom is 0.257 e. The summed E-state index contributed by atoms with van der Waals surface area (Å²) in [6.45, 7) is 11.2. The monoisotopic (exact) mass is 317 g/mol. The highest BCUT2D eigenvalue weighted by Crippen LogP contribution is 2.27. The van der Waals surface area contributed by atoms with E-state index in [1.807, 2.05) is 22.7 Å². The number of hydrogen-bond donors (Lipinski definition) is 0. The highest BCUT2D eigenvalue weighted by atomic mass is 16.5. The van der Waals surface area contributed by atoms with Crippen LogP contribution < -0.4 is 0 Å². The van der Waals surface area contributed by atoms with Gasteiger partial charge in [-0.25, -0.2) is 0 Å². The molecule has 7 heteroatoms. The first-order chi connectivity index (χ1) is 10.8. The Morgan fingerprint density at radius 2 is 2.09 bits per heavy atom. The minimum absolute atomic E-state index is 0.0248. The number of carbonyl (C=O) groups is 1. The molecule has 2 aromatic rings. The minimum atomic E-state index is -0.141. The van der Waals surface area contributed by atoms with Gasteiger partial charge in [-0.05, 0) is 41.0 Å². The molecule has 0 saturated carbocycles. The van der Waals surface area contributed by atoms with Gasteiger partial charge in [0.2, 0.25) is 5.89 Å². The van der Waals surface area contributed by atoms with E-state index in [-0.39, 0.29) is 17.4 Å². The lowest BCUT2D eigenvalue weighted by Crippen LogP contribution is -2.29. The largest absolute Gasteiger partial charge is 0.339 e. The molecule has 7 nitrogen and oxygen atoms in total. The standard InChI is InChI=1S/C16H23N5O2/c1-10-13(9-21(18-10)16(3,4)5)15(22)20-7-6-12(8-20)14-17-11(2)19-23-14/h9,12H,6-8H2,1-5H3. The second-order valence-electron chi connectivity index (χ2n) is 7.16. The number of rotatable bonds is 2. The molecule has 1 aliphatic rings. The number of nitrogens with zero attached hydrogens (tertiary/aromatic N) is 5. The van der Waals surface area contributed by atoms with Crippen LogP contribution in [0.5, 0.6) is 0 Å². The highest BCUT2D eigenvalue weighted by Gasteiger charge is 2.33. The van der Waals surface area contributed by atoms with Crippen LogP contribution in [0.15, 0.2) is 10.7 Å². The lowest BCUT2D eigenvalue weighted by Gasteiger charge is -2.19. The zero-order valence-electron chi connectivity index (χ0n) is 14.3. The summed E-state index contributed by atoms with van der Waals surface area (Å²) in [6.07, 6.45) is 2.70. The van der Waals surface area contributed by atoms with Crippen molar-refractivity contribution in [2.75, 3.05) is 13.1 Å². The Kier molecular flexibility index (Phi) is 3.74. The van der Waals surface area contributed by atoms with Crippen LogP contribution in [-0.2, 0) is 5.54 Å². The van der Waals surface area contributed by atoms with E-state index in [0.717, 1.165) is 12.1 Å². The van der Waals surface area contributed by atoms with Crippen molar-refractivity contribution in [3.05, 3.63) is 29.2 Å². The molecule has 23 heavy (non-hydrogen) atoms. The van der Waals surface area contributed by atoms with Crippen molar-refractivity contribution in [2.24, 2.45) is 0 Å². The molecule has 0 aromatic carbocycles. The first kappa shape index (κ1) is 15.7. The zero-order chi connectivity index (χ0) is 16.8. The van der Waals surface area contributed by atoms with Gasteiger partial charge in [-0.1, -0.05) is 5.16 Å². The molecule has 2 aromatic heterocycles. The van der Waals surface area contributed by atoms with Gasteiger partial charge in [0.25, 0.3) is 5.91 Å². The Balaban J connectivity index is 1.76. The van der Waals surface area contributed by atoms with Crippen molar-refractivity contribution in [1.82, 2.24) is 24.8 Å². The van der Waals surface area contributed by atoms with Gasteiger partial charge < -0.3 is 9.42 Å². The van der Waals surface area contributed by atoms with Crippen molar-refractivity contribution >= 4 is 5.91 Å². The molecular formula is C16H23N5O2. The van der Waals surface area contributed by atoms with Crippen LogP contribution in [0.3, 0.4) is 0 Å². The third kappa shape index (κ3) is 3.00. The van der Waals surface area contributed by atoms with Crippen LogP contribution in [0.2, 0.25) is 0 Å². The molecule has 0 bridgehead atoms. The topological polar surface area (TPSA) is 77.0 Å². The molecule has 1 unspecified atom stereocenters. The van der Waals surface area contributed by atoms with Gasteiger partial charge in [0.15, 0.2) is 5.82 Å². The average Bonchev–Trinajstić information content (AvgIpc) is 3.15. The van der Waals surface area contributed by atoms with E-state index in [4.69, 9.17) is 4.52 Å². The van der Waals surface area contributed by atoms with Crippen molar-refractivity contribution in [2.45, 2.75) is 52.5 Å². The summed E-state index contributed by atoms with van der Waals surface area (Å²) in [4.78, 5) is 18.9. The lowest BCUT2D eigenvalue weighted by atomic mass is 10.1. The van der Waals surface area contributed by atoms with Crippen molar-refractivity contribution in [3.63, 3.8) is 0 Å². The van der Waals surface area contributed by atoms with Crippen LogP contribution in [-0.4, -0.2) is 43.8 Å². The van der Waals surface area contributed by atoms with E-state index in [1.54, 1.807) is 6.92 Å². The number of amides is 1. The fourth-order valence-corrected chi connectivity index (χ4v) is 2.81. The second-order valence-corrected chi connectivity index (χ2v) is 7.16. The van der Waals surface area contributed by atoms with Gasteiger partial charge in [-0.15, -0.1) is 0 Å². The summed E-state index contributed by atoms with van der Waals surface area (Å²) in [5, 5.41) is 8.31. The summed E-state index contributed by atoms with van der Waals surface area (Å²) in [7, 11) is 0. The zero-order valence-corrected chi connectivity index (χ0v) is 14.3. The predicted octanol–water partition coefficient (Wildman–Crippen LogP) is 2.27. The molecule has 3 rings (SSSR count). The van der Waals surface area contributed by atoms with Crippen molar-refractivity contribution in [3.8, 4) is 0 Å². The van der Waals surface area contributed by atoms with Crippen LogP contribution in [0.1, 0.15) is 60.9 Å². The summed E-state index contributed by atoms with van der Waals surface area (Å²) in [6, 6.07) is 0. The summed E-state index contributed by atoms with van der Waals surface area (Å²) in [5.74, 6) is 1.40. The first-order valence-electron chi connectivity index (χ1n) is 7.92. The third-order valence-electron chi connectivity index (χ3n) is 4.18. The Morgan fingerprint density at radius 3 is 2.65 bits per heavy atom. The Hall–Kier alpha value is -2.18. The second kappa shape index (κ2) is 5.47. The molecule has 1 atom stereocenters. The van der Waals surface area contributed by atoms with Gasteiger partial charge in [-0.2, -0.15) is 10.1 Å². The SMILES string of the molecule is Cc1noc(C2CCN(C(=O)c3cn(C(C)(C)C)nc3C)C2)n1. The van der Waals surface area contributed by atoms with Crippen molar-refractivity contribution in [1.29, 1.82) is 0 Å². The fourth-order valence-electron chi connectivity index (χ4n) is 2.81. The van der Waals surface area contributed by atoms with Crippen LogP contribution in [0.4, 0.5) is 0 Å². The number of hydrogen-bond acceptors (Lipinski definition) is 5. The molecular weight excluding hydrogens is 294 g/mol. The van der Waals surface area contributed by atoms with E-state index in [1.165, 1.54) is 0 Å². The summed E-state index contributed by atoms with van der Waals surface area (Å²) in [5.41, 5.74) is 1.29. The minimum Gasteiger partial charge on any atom is -0.339 e. The maximum absolute atomic E-state index is 12.8. The van der Waals surface area contributed by atoms with Gasteiger partial charge in [0.1, 0.15) is 0 Å². The smallest absolute Gasteiger partial charge is 0.257 e. The van der Waals surface area contributed by atoms with Crippen LogP contribution in [0.25, 0.3) is 0 Å². The maximum atomic E-state index is 12.8. The molecule has 3 heterocycles. The molecule has 1 fully saturated rings. The van der Waals surface area contributed by atoms with Crippen LogP contribution >= 0.6 is 0 Å². The van der Waals surface area contributed by atoms with Gasteiger partial charge in [0.05, 0.1) is 22.7 Å². The molecule has 1 amide bonds. The molecule has 0 radical (unpaired) electrons. The average molecular weight is 317 g/mol. The predicted molar refractivity (Wildman–Crippen MR) is 84.3 cm³/mol. The number of likely N-dealkylation sites (tertiary alicyclic amines) is 1. The Morgan fingerprint density at radius 1 is 1.35 bits per heavy atom. The molecule has 1 saturated heterocycles. The van der Waals surface area contributed by atoms with E-state index < -0.39 is 0 Å². The first-order valence-corrected chi connectivity index (χ1v) is 7.92. The van der Waals surface area contributed by atoms with E-state index >= 15 is 0 Å².